The summed E-state index contributed by atoms with van der Waals surface area (Å²) in [5.74, 6) is 0.595. The molecule has 0 bridgehead atoms. The van der Waals surface area contributed by atoms with E-state index in [0.717, 1.165) is 36.2 Å². The first-order valence-electron chi connectivity index (χ1n) is 7.62. The normalized spacial score (nSPS) is 11.9. The maximum Gasteiger partial charge on any atom is 0.241 e. The highest BCUT2D eigenvalue weighted by Gasteiger charge is 2.19. The molecule has 120 valence electrons. The molecule has 0 aliphatic heterocycles. The number of rotatable bonds is 8. The Morgan fingerprint density at radius 1 is 1.14 bits per heavy atom. The van der Waals surface area contributed by atoms with Gasteiger partial charge in [-0.2, -0.15) is 0 Å². The number of nitrogens with one attached hydrogen (secondary N) is 2. The van der Waals surface area contributed by atoms with E-state index >= 15 is 0 Å². The number of aryl methyl sites for hydroxylation is 2. The zero-order chi connectivity index (χ0) is 16.0. The zero-order valence-corrected chi connectivity index (χ0v) is 14.6. The van der Waals surface area contributed by atoms with Crippen LogP contribution in [0.15, 0.2) is 17.0 Å². The van der Waals surface area contributed by atoms with E-state index in [1.165, 1.54) is 0 Å². The maximum absolute atomic E-state index is 12.5. The summed E-state index contributed by atoms with van der Waals surface area (Å²) < 4.78 is 27.6. The van der Waals surface area contributed by atoms with Gasteiger partial charge in [-0.3, -0.25) is 0 Å². The molecule has 4 nitrogen and oxygen atoms in total. The van der Waals surface area contributed by atoms with Crippen molar-refractivity contribution < 1.29 is 8.42 Å². The predicted octanol–water partition coefficient (Wildman–Crippen LogP) is 3.45. The van der Waals surface area contributed by atoms with Gasteiger partial charge in [0.2, 0.25) is 10.0 Å². The number of hydrogen-bond donors (Lipinski definition) is 2. The van der Waals surface area contributed by atoms with Gasteiger partial charge in [-0.1, -0.05) is 13.8 Å². The second-order valence-corrected chi connectivity index (χ2v) is 7.61. The van der Waals surface area contributed by atoms with Crippen LogP contribution < -0.4 is 10.0 Å². The summed E-state index contributed by atoms with van der Waals surface area (Å²) in [6.45, 7) is 11.3. The average Bonchev–Trinajstić information content (AvgIpc) is 2.33. The molecule has 0 unspecified atom stereocenters. The van der Waals surface area contributed by atoms with E-state index in [2.05, 4.69) is 23.9 Å². The number of sulfonamides is 1. The molecular formula is C16H28N2O2S. The number of hydrogen-bond acceptors (Lipinski definition) is 3. The summed E-state index contributed by atoms with van der Waals surface area (Å²) >= 11 is 0. The molecule has 0 saturated heterocycles. The van der Waals surface area contributed by atoms with Crippen LogP contribution in [0.1, 0.15) is 44.7 Å². The highest BCUT2D eigenvalue weighted by molar-refractivity contribution is 7.89. The molecule has 0 spiro atoms. The molecule has 0 radical (unpaired) electrons. The lowest BCUT2D eigenvalue weighted by Crippen LogP contribution is -2.26. The first-order chi connectivity index (χ1) is 9.77. The van der Waals surface area contributed by atoms with Crippen LogP contribution in [0.3, 0.4) is 0 Å². The molecule has 0 atom stereocenters. The minimum atomic E-state index is -3.43. The fourth-order valence-corrected chi connectivity index (χ4v) is 3.99. The van der Waals surface area contributed by atoms with Crippen LogP contribution in [-0.4, -0.2) is 21.5 Å². The largest absolute Gasteiger partial charge is 0.385 e. The van der Waals surface area contributed by atoms with Gasteiger partial charge in [-0.25, -0.2) is 13.1 Å². The summed E-state index contributed by atoms with van der Waals surface area (Å²) in [6.07, 6.45) is 1.89. The van der Waals surface area contributed by atoms with E-state index in [0.29, 0.717) is 17.4 Å². The molecule has 1 aromatic carbocycles. The molecule has 5 heteroatoms. The Balaban J connectivity index is 2.88. The van der Waals surface area contributed by atoms with Crippen LogP contribution in [0.5, 0.6) is 0 Å². The van der Waals surface area contributed by atoms with Crippen molar-refractivity contribution in [3.8, 4) is 0 Å². The van der Waals surface area contributed by atoms with Crippen molar-refractivity contribution in [2.75, 3.05) is 18.4 Å². The lowest BCUT2D eigenvalue weighted by molar-refractivity contribution is 0.539. The second-order valence-electron chi connectivity index (χ2n) is 5.90. The van der Waals surface area contributed by atoms with Gasteiger partial charge in [0, 0.05) is 18.8 Å². The van der Waals surface area contributed by atoms with Gasteiger partial charge < -0.3 is 5.32 Å². The van der Waals surface area contributed by atoms with Crippen molar-refractivity contribution >= 4 is 15.7 Å². The SMILES string of the molecule is CCNc1cc(C)c(S(=O)(=O)NCCCC(C)C)c(C)c1. The zero-order valence-electron chi connectivity index (χ0n) is 13.8. The van der Waals surface area contributed by atoms with Gasteiger partial charge in [0.25, 0.3) is 0 Å². The van der Waals surface area contributed by atoms with Crippen molar-refractivity contribution in [2.45, 2.75) is 52.4 Å². The Bertz CT molecular complexity index is 543. The first-order valence-corrected chi connectivity index (χ1v) is 9.11. The fourth-order valence-electron chi connectivity index (χ4n) is 2.47. The van der Waals surface area contributed by atoms with Crippen molar-refractivity contribution in [1.82, 2.24) is 4.72 Å². The topological polar surface area (TPSA) is 58.2 Å². The van der Waals surface area contributed by atoms with Gasteiger partial charge in [0.05, 0.1) is 4.90 Å². The minimum absolute atomic E-state index is 0.411. The quantitative estimate of drug-likeness (QED) is 0.723. The summed E-state index contributed by atoms with van der Waals surface area (Å²) in [5.41, 5.74) is 2.52. The number of benzene rings is 1. The number of anilines is 1. The highest BCUT2D eigenvalue weighted by Crippen LogP contribution is 2.24. The summed E-state index contributed by atoms with van der Waals surface area (Å²) in [6, 6.07) is 3.78. The molecule has 0 aromatic heterocycles. The van der Waals surface area contributed by atoms with Crippen LogP contribution >= 0.6 is 0 Å². The maximum atomic E-state index is 12.5. The van der Waals surface area contributed by atoms with Crippen LogP contribution in [0, 0.1) is 19.8 Å². The van der Waals surface area contributed by atoms with Gasteiger partial charge in [0.1, 0.15) is 0 Å². The summed E-state index contributed by atoms with van der Waals surface area (Å²) in [4.78, 5) is 0.411. The van der Waals surface area contributed by atoms with Crippen LogP contribution in [0.25, 0.3) is 0 Å². The third kappa shape index (κ3) is 5.32. The van der Waals surface area contributed by atoms with Gasteiger partial charge >= 0.3 is 0 Å². The molecule has 0 heterocycles. The molecule has 1 aromatic rings. The van der Waals surface area contributed by atoms with Crippen LogP contribution in [-0.2, 0) is 10.0 Å². The molecule has 0 aliphatic rings. The van der Waals surface area contributed by atoms with Crippen molar-refractivity contribution in [1.29, 1.82) is 0 Å². The summed E-state index contributed by atoms with van der Waals surface area (Å²) in [7, 11) is -3.43. The molecule has 0 aliphatic carbocycles. The van der Waals surface area contributed by atoms with Gasteiger partial charge in [-0.05, 0) is 62.8 Å². The molecule has 0 fully saturated rings. The predicted molar refractivity (Wildman–Crippen MR) is 89.3 cm³/mol. The standard InChI is InChI=1S/C16H28N2O2S/c1-6-17-15-10-13(4)16(14(5)11-15)21(19,20)18-9-7-8-12(2)3/h10-12,17-18H,6-9H2,1-5H3. The van der Waals surface area contributed by atoms with Gasteiger partial charge in [0.15, 0.2) is 0 Å². The Morgan fingerprint density at radius 3 is 2.19 bits per heavy atom. The van der Waals surface area contributed by atoms with Crippen LogP contribution in [0.2, 0.25) is 0 Å². The molecular weight excluding hydrogens is 284 g/mol. The lowest BCUT2D eigenvalue weighted by Gasteiger charge is -2.15. The van der Waals surface area contributed by atoms with Crippen molar-refractivity contribution in [3.63, 3.8) is 0 Å². The van der Waals surface area contributed by atoms with Gasteiger partial charge in [-0.15, -0.1) is 0 Å². The molecule has 0 amide bonds. The molecule has 2 N–H and O–H groups in total. The van der Waals surface area contributed by atoms with Crippen molar-refractivity contribution in [3.05, 3.63) is 23.3 Å². The monoisotopic (exact) mass is 312 g/mol. The molecule has 1 rings (SSSR count). The Kier molecular flexibility index (Phi) is 6.68. The van der Waals surface area contributed by atoms with E-state index < -0.39 is 10.0 Å². The van der Waals surface area contributed by atoms with E-state index in [9.17, 15) is 8.42 Å². The summed E-state index contributed by atoms with van der Waals surface area (Å²) in [5, 5.41) is 3.22. The van der Waals surface area contributed by atoms with Crippen molar-refractivity contribution in [2.24, 2.45) is 5.92 Å². The second kappa shape index (κ2) is 7.80. The van der Waals surface area contributed by atoms with E-state index in [-0.39, 0.29) is 0 Å². The smallest absolute Gasteiger partial charge is 0.241 e. The first kappa shape index (κ1) is 18.0. The Labute approximate surface area is 129 Å². The molecule has 21 heavy (non-hydrogen) atoms. The lowest BCUT2D eigenvalue weighted by atomic mass is 10.1. The fraction of sp³-hybridized carbons (Fsp3) is 0.625. The highest BCUT2D eigenvalue weighted by atomic mass is 32.2. The minimum Gasteiger partial charge on any atom is -0.385 e. The van der Waals surface area contributed by atoms with E-state index in [1.807, 2.05) is 32.9 Å². The molecule has 0 saturated carbocycles. The van der Waals surface area contributed by atoms with Crippen LogP contribution in [0.4, 0.5) is 5.69 Å². The average molecular weight is 312 g/mol. The van der Waals surface area contributed by atoms with E-state index in [4.69, 9.17) is 0 Å². The third-order valence-electron chi connectivity index (χ3n) is 3.36. The third-order valence-corrected chi connectivity index (χ3v) is 5.13. The van der Waals surface area contributed by atoms with E-state index in [1.54, 1.807) is 0 Å². The Morgan fingerprint density at radius 2 is 1.71 bits per heavy atom. The Hall–Kier alpha value is -1.07.